The number of hydrogen-bond acceptors (Lipinski definition) is 2. The summed E-state index contributed by atoms with van der Waals surface area (Å²) >= 11 is 0. The van der Waals surface area contributed by atoms with Crippen LogP contribution in [0, 0.1) is 11.2 Å². The Bertz CT molecular complexity index is 463. The van der Waals surface area contributed by atoms with E-state index in [9.17, 15) is 14.0 Å². The molecule has 0 saturated carbocycles. The lowest BCUT2D eigenvalue weighted by Crippen LogP contribution is -2.28. The van der Waals surface area contributed by atoms with Gasteiger partial charge in [-0.1, -0.05) is 20.8 Å². The molecule has 0 radical (unpaired) electrons. The number of carbonyl (C=O) groups excluding carboxylic acids is 1. The third kappa shape index (κ3) is 3.27. The zero-order chi connectivity index (χ0) is 13.2. The maximum atomic E-state index is 13.0. The van der Waals surface area contributed by atoms with Crippen molar-refractivity contribution in [1.82, 2.24) is 0 Å². The van der Waals surface area contributed by atoms with E-state index in [1.54, 1.807) is 20.8 Å². The minimum Gasteiger partial charge on any atom is -0.478 e. The van der Waals surface area contributed by atoms with Gasteiger partial charge in [0, 0.05) is 5.41 Å². The molecule has 92 valence electrons. The Balaban J connectivity index is 3.09. The number of amides is 1. The van der Waals surface area contributed by atoms with E-state index in [-0.39, 0.29) is 17.2 Å². The van der Waals surface area contributed by atoms with Crippen molar-refractivity contribution in [3.05, 3.63) is 29.6 Å². The summed E-state index contributed by atoms with van der Waals surface area (Å²) in [5.74, 6) is -2.18. The van der Waals surface area contributed by atoms with E-state index in [0.717, 1.165) is 18.2 Å². The molecule has 4 nitrogen and oxygen atoms in total. The molecule has 0 fully saturated rings. The van der Waals surface area contributed by atoms with Gasteiger partial charge >= 0.3 is 5.97 Å². The average molecular weight is 239 g/mol. The van der Waals surface area contributed by atoms with Gasteiger partial charge in [0.15, 0.2) is 0 Å². The lowest BCUT2D eigenvalue weighted by molar-refractivity contribution is -0.123. The standard InChI is InChI=1S/C12H14FNO3/c1-12(2,3)11(17)14-9-6-7(13)4-5-8(9)10(15)16/h4-6H,1-3H3,(H,14,17)(H,15,16). The Labute approximate surface area is 98.5 Å². The third-order valence-electron chi connectivity index (χ3n) is 2.14. The van der Waals surface area contributed by atoms with Gasteiger partial charge < -0.3 is 10.4 Å². The van der Waals surface area contributed by atoms with Crippen LogP contribution in [0.3, 0.4) is 0 Å². The highest BCUT2D eigenvalue weighted by molar-refractivity contribution is 6.01. The van der Waals surface area contributed by atoms with Crippen molar-refractivity contribution in [2.75, 3.05) is 5.32 Å². The molecule has 0 aliphatic rings. The molecule has 0 spiro atoms. The largest absolute Gasteiger partial charge is 0.478 e. The van der Waals surface area contributed by atoms with Crippen LogP contribution in [-0.4, -0.2) is 17.0 Å². The van der Waals surface area contributed by atoms with E-state index < -0.39 is 17.2 Å². The van der Waals surface area contributed by atoms with Gasteiger partial charge in [-0.2, -0.15) is 0 Å². The first-order valence-electron chi connectivity index (χ1n) is 5.06. The molecular formula is C12H14FNO3. The predicted molar refractivity (Wildman–Crippen MR) is 61.4 cm³/mol. The van der Waals surface area contributed by atoms with Crippen molar-refractivity contribution in [2.45, 2.75) is 20.8 Å². The SMILES string of the molecule is CC(C)(C)C(=O)Nc1cc(F)ccc1C(=O)O. The zero-order valence-electron chi connectivity index (χ0n) is 9.87. The number of rotatable bonds is 2. The van der Waals surface area contributed by atoms with Gasteiger partial charge in [0.1, 0.15) is 5.82 Å². The maximum Gasteiger partial charge on any atom is 0.337 e. The second-order valence-corrected chi connectivity index (χ2v) is 4.70. The maximum absolute atomic E-state index is 13.0. The van der Waals surface area contributed by atoms with E-state index >= 15 is 0 Å². The van der Waals surface area contributed by atoms with Crippen molar-refractivity contribution in [1.29, 1.82) is 0 Å². The highest BCUT2D eigenvalue weighted by Crippen LogP contribution is 2.21. The molecule has 0 aliphatic heterocycles. The first-order chi connectivity index (χ1) is 7.71. The number of carboxylic acid groups (broad SMARTS) is 1. The first-order valence-corrected chi connectivity index (χ1v) is 5.06. The van der Waals surface area contributed by atoms with Crippen LogP contribution < -0.4 is 5.32 Å². The molecule has 1 rings (SSSR count). The van der Waals surface area contributed by atoms with Gasteiger partial charge in [-0.15, -0.1) is 0 Å². The van der Waals surface area contributed by atoms with Crippen LogP contribution in [-0.2, 0) is 4.79 Å². The average Bonchev–Trinajstić information content (AvgIpc) is 2.15. The smallest absolute Gasteiger partial charge is 0.337 e. The number of aromatic carboxylic acids is 1. The molecule has 2 N–H and O–H groups in total. The Kier molecular flexibility index (Phi) is 3.50. The van der Waals surface area contributed by atoms with Gasteiger partial charge in [0.05, 0.1) is 11.3 Å². The number of carboxylic acids is 1. The minimum absolute atomic E-state index is 0.0302. The predicted octanol–water partition coefficient (Wildman–Crippen LogP) is 2.51. The van der Waals surface area contributed by atoms with Crippen LogP contribution in [0.2, 0.25) is 0 Å². The summed E-state index contributed by atoms with van der Waals surface area (Å²) < 4.78 is 13.0. The molecule has 1 aromatic carbocycles. The number of nitrogens with one attached hydrogen (secondary N) is 1. The van der Waals surface area contributed by atoms with E-state index in [1.165, 1.54) is 0 Å². The van der Waals surface area contributed by atoms with E-state index in [1.807, 2.05) is 0 Å². The van der Waals surface area contributed by atoms with Gasteiger partial charge in [-0.05, 0) is 18.2 Å². The fraction of sp³-hybridized carbons (Fsp3) is 0.333. The van der Waals surface area contributed by atoms with Crippen molar-refractivity contribution < 1.29 is 19.1 Å². The molecule has 0 atom stereocenters. The summed E-state index contributed by atoms with van der Waals surface area (Å²) in [6.07, 6.45) is 0. The Morgan fingerprint density at radius 1 is 1.29 bits per heavy atom. The number of anilines is 1. The monoisotopic (exact) mass is 239 g/mol. The van der Waals surface area contributed by atoms with Crippen molar-refractivity contribution in [3.8, 4) is 0 Å². The first kappa shape index (κ1) is 13.2. The number of benzene rings is 1. The Morgan fingerprint density at radius 3 is 2.35 bits per heavy atom. The molecule has 5 heteroatoms. The number of hydrogen-bond donors (Lipinski definition) is 2. The topological polar surface area (TPSA) is 66.4 Å². The van der Waals surface area contributed by atoms with Gasteiger partial charge in [-0.25, -0.2) is 9.18 Å². The highest BCUT2D eigenvalue weighted by atomic mass is 19.1. The van der Waals surface area contributed by atoms with Crippen molar-refractivity contribution in [3.63, 3.8) is 0 Å². The lowest BCUT2D eigenvalue weighted by atomic mass is 9.95. The van der Waals surface area contributed by atoms with Crippen LogP contribution in [0.25, 0.3) is 0 Å². The Hall–Kier alpha value is -1.91. The summed E-state index contributed by atoms with van der Waals surface area (Å²) in [7, 11) is 0. The summed E-state index contributed by atoms with van der Waals surface area (Å²) in [6, 6.07) is 3.15. The van der Waals surface area contributed by atoms with Crippen molar-refractivity contribution in [2.24, 2.45) is 5.41 Å². The third-order valence-corrected chi connectivity index (χ3v) is 2.14. The number of halogens is 1. The number of carbonyl (C=O) groups is 2. The molecule has 1 amide bonds. The van der Waals surface area contributed by atoms with Crippen LogP contribution >= 0.6 is 0 Å². The molecule has 0 aromatic heterocycles. The van der Waals surface area contributed by atoms with Gasteiger partial charge in [-0.3, -0.25) is 4.79 Å². The quantitative estimate of drug-likeness (QED) is 0.833. The van der Waals surface area contributed by atoms with Gasteiger partial charge in [0.25, 0.3) is 0 Å². The molecule has 0 saturated heterocycles. The van der Waals surface area contributed by atoms with E-state index in [0.29, 0.717) is 0 Å². The summed E-state index contributed by atoms with van der Waals surface area (Å²) in [4.78, 5) is 22.6. The Morgan fingerprint density at radius 2 is 1.88 bits per heavy atom. The minimum atomic E-state index is -1.21. The van der Waals surface area contributed by atoms with Gasteiger partial charge in [0.2, 0.25) is 5.91 Å². The normalized spacial score (nSPS) is 11.1. The molecular weight excluding hydrogens is 225 g/mol. The molecule has 17 heavy (non-hydrogen) atoms. The molecule has 0 bridgehead atoms. The fourth-order valence-electron chi connectivity index (χ4n) is 1.12. The molecule has 0 heterocycles. The van der Waals surface area contributed by atoms with Crippen LogP contribution in [0.5, 0.6) is 0 Å². The molecule has 0 aliphatic carbocycles. The van der Waals surface area contributed by atoms with Crippen LogP contribution in [0.1, 0.15) is 31.1 Å². The fourth-order valence-corrected chi connectivity index (χ4v) is 1.12. The van der Waals surface area contributed by atoms with Crippen molar-refractivity contribution >= 4 is 17.6 Å². The second kappa shape index (κ2) is 4.53. The molecule has 0 unspecified atom stereocenters. The summed E-state index contributed by atoms with van der Waals surface area (Å²) in [5.41, 5.74) is -0.844. The summed E-state index contributed by atoms with van der Waals surface area (Å²) in [5, 5.41) is 11.3. The van der Waals surface area contributed by atoms with E-state index in [4.69, 9.17) is 5.11 Å². The lowest BCUT2D eigenvalue weighted by Gasteiger charge is -2.18. The van der Waals surface area contributed by atoms with Crippen LogP contribution in [0.15, 0.2) is 18.2 Å². The second-order valence-electron chi connectivity index (χ2n) is 4.70. The molecule has 1 aromatic rings. The van der Waals surface area contributed by atoms with Crippen LogP contribution in [0.4, 0.5) is 10.1 Å². The highest BCUT2D eigenvalue weighted by Gasteiger charge is 2.23. The summed E-state index contributed by atoms with van der Waals surface area (Å²) in [6.45, 7) is 5.05. The zero-order valence-corrected chi connectivity index (χ0v) is 9.87. The van der Waals surface area contributed by atoms with E-state index in [2.05, 4.69) is 5.32 Å².